The summed E-state index contributed by atoms with van der Waals surface area (Å²) >= 11 is 0. The van der Waals surface area contributed by atoms with Gasteiger partial charge in [0, 0.05) is 38.9 Å². The zero-order chi connectivity index (χ0) is 20.8. The topological polar surface area (TPSA) is 88.3 Å². The minimum atomic E-state index is -0.311. The van der Waals surface area contributed by atoms with Gasteiger partial charge >= 0.3 is 0 Å². The molecule has 1 aliphatic rings. The predicted molar refractivity (Wildman–Crippen MR) is 104 cm³/mol. The summed E-state index contributed by atoms with van der Waals surface area (Å²) in [5.41, 5.74) is 0.784. The van der Waals surface area contributed by atoms with Crippen molar-refractivity contribution in [3.63, 3.8) is 0 Å². The number of carbonyl (C=O) groups is 2. The first kappa shape index (κ1) is 21.0. The van der Waals surface area contributed by atoms with Gasteiger partial charge in [-0.2, -0.15) is 4.98 Å². The Labute approximate surface area is 169 Å². The van der Waals surface area contributed by atoms with Crippen LogP contribution < -0.4 is 5.32 Å². The largest absolute Gasteiger partial charge is 0.353 e. The van der Waals surface area contributed by atoms with Crippen molar-refractivity contribution in [1.29, 1.82) is 0 Å². The molecule has 1 fully saturated rings. The fourth-order valence-corrected chi connectivity index (χ4v) is 3.68. The van der Waals surface area contributed by atoms with Crippen molar-refractivity contribution in [3.8, 4) is 0 Å². The van der Waals surface area contributed by atoms with Gasteiger partial charge in [-0.05, 0) is 43.4 Å². The summed E-state index contributed by atoms with van der Waals surface area (Å²) in [6, 6.07) is 6.04. The minimum Gasteiger partial charge on any atom is -0.353 e. The second kappa shape index (κ2) is 9.62. The zero-order valence-electron chi connectivity index (χ0n) is 16.9. The highest BCUT2D eigenvalue weighted by Crippen LogP contribution is 2.26. The molecular formula is C21H27FN4O3. The van der Waals surface area contributed by atoms with Crippen LogP contribution in [0, 0.1) is 18.7 Å². The lowest BCUT2D eigenvalue weighted by Crippen LogP contribution is -2.42. The normalized spacial score (nSPS) is 19.0. The number of nitrogens with one attached hydrogen (secondary N) is 1. The summed E-state index contributed by atoms with van der Waals surface area (Å²) in [4.78, 5) is 30.8. The molecule has 156 valence electrons. The molecule has 1 aromatic carbocycles. The zero-order valence-corrected chi connectivity index (χ0v) is 16.9. The van der Waals surface area contributed by atoms with Gasteiger partial charge in [0.15, 0.2) is 5.82 Å². The second-order valence-electron chi connectivity index (χ2n) is 7.66. The van der Waals surface area contributed by atoms with Crippen LogP contribution in [0.2, 0.25) is 0 Å². The van der Waals surface area contributed by atoms with E-state index in [1.165, 1.54) is 12.1 Å². The first-order valence-corrected chi connectivity index (χ1v) is 9.98. The number of hydrogen-bond acceptors (Lipinski definition) is 5. The molecule has 1 saturated carbocycles. The van der Waals surface area contributed by atoms with E-state index in [9.17, 15) is 14.0 Å². The fraction of sp³-hybridized carbons (Fsp3) is 0.524. The van der Waals surface area contributed by atoms with Crippen LogP contribution in [0.3, 0.4) is 0 Å². The average Bonchev–Trinajstić information content (AvgIpc) is 3.13. The molecule has 1 heterocycles. The summed E-state index contributed by atoms with van der Waals surface area (Å²) in [6.45, 7) is 2.29. The van der Waals surface area contributed by atoms with E-state index in [0.717, 1.165) is 31.2 Å². The van der Waals surface area contributed by atoms with Crippen molar-refractivity contribution in [1.82, 2.24) is 20.4 Å². The van der Waals surface area contributed by atoms with Gasteiger partial charge in [-0.1, -0.05) is 17.3 Å². The molecule has 7 nitrogen and oxygen atoms in total. The number of halogens is 1. The van der Waals surface area contributed by atoms with Crippen LogP contribution in [0.15, 0.2) is 28.8 Å². The van der Waals surface area contributed by atoms with Crippen LogP contribution in [0.4, 0.5) is 4.39 Å². The van der Waals surface area contributed by atoms with Crippen LogP contribution in [-0.4, -0.2) is 46.5 Å². The van der Waals surface area contributed by atoms with Gasteiger partial charge in [0.2, 0.25) is 17.7 Å². The molecule has 0 radical (unpaired) electrons. The SMILES string of the molecule is Cc1nc(CCN(C)C(=O)C2CCC(NC(=O)Cc3ccc(F)cc3)CC2)no1. The van der Waals surface area contributed by atoms with Crippen molar-refractivity contribution in [2.75, 3.05) is 13.6 Å². The third-order valence-electron chi connectivity index (χ3n) is 5.34. The summed E-state index contributed by atoms with van der Waals surface area (Å²) in [6.07, 6.45) is 3.87. The van der Waals surface area contributed by atoms with Gasteiger partial charge in [0.25, 0.3) is 0 Å². The molecule has 1 aromatic heterocycles. The van der Waals surface area contributed by atoms with E-state index in [1.807, 2.05) is 0 Å². The lowest BCUT2D eigenvalue weighted by Gasteiger charge is -2.31. The van der Waals surface area contributed by atoms with Gasteiger partial charge in [0.05, 0.1) is 6.42 Å². The Morgan fingerprint density at radius 1 is 1.21 bits per heavy atom. The molecule has 0 spiro atoms. The monoisotopic (exact) mass is 402 g/mol. The summed E-state index contributed by atoms with van der Waals surface area (Å²) in [5.74, 6) is 0.857. The van der Waals surface area contributed by atoms with E-state index in [2.05, 4.69) is 15.5 Å². The molecule has 3 rings (SSSR count). The Morgan fingerprint density at radius 3 is 2.52 bits per heavy atom. The Morgan fingerprint density at radius 2 is 1.90 bits per heavy atom. The average molecular weight is 402 g/mol. The maximum Gasteiger partial charge on any atom is 0.225 e. The number of hydrogen-bond donors (Lipinski definition) is 1. The van der Waals surface area contributed by atoms with E-state index in [-0.39, 0.29) is 36.0 Å². The molecule has 0 unspecified atom stereocenters. The van der Waals surface area contributed by atoms with Crippen LogP contribution in [0.1, 0.15) is 43.0 Å². The Bertz CT molecular complexity index is 829. The molecule has 29 heavy (non-hydrogen) atoms. The van der Waals surface area contributed by atoms with Crippen molar-refractivity contribution in [2.45, 2.75) is 51.5 Å². The van der Waals surface area contributed by atoms with E-state index >= 15 is 0 Å². The third kappa shape index (κ3) is 6.10. The number of carbonyl (C=O) groups excluding carboxylic acids is 2. The fourth-order valence-electron chi connectivity index (χ4n) is 3.68. The molecule has 1 aliphatic carbocycles. The van der Waals surface area contributed by atoms with E-state index < -0.39 is 0 Å². The molecule has 0 atom stereocenters. The maximum absolute atomic E-state index is 12.9. The first-order valence-electron chi connectivity index (χ1n) is 9.98. The standard InChI is InChI=1S/C21H27FN4O3/c1-14-23-19(25-29-14)11-12-26(2)21(28)16-5-9-18(10-6-16)24-20(27)13-15-3-7-17(22)8-4-15/h3-4,7-8,16,18H,5-6,9-13H2,1-2H3,(H,24,27). The highest BCUT2D eigenvalue weighted by molar-refractivity contribution is 5.80. The molecule has 8 heteroatoms. The second-order valence-corrected chi connectivity index (χ2v) is 7.66. The van der Waals surface area contributed by atoms with Gasteiger partial charge in [-0.3, -0.25) is 9.59 Å². The van der Waals surface area contributed by atoms with E-state index in [4.69, 9.17) is 4.52 Å². The molecule has 0 bridgehead atoms. The summed E-state index contributed by atoms with van der Waals surface area (Å²) in [7, 11) is 1.80. The highest BCUT2D eigenvalue weighted by Gasteiger charge is 2.29. The first-order chi connectivity index (χ1) is 13.9. The Kier molecular flexibility index (Phi) is 6.95. The van der Waals surface area contributed by atoms with Crippen molar-refractivity contribution < 1.29 is 18.5 Å². The Hall–Kier alpha value is -2.77. The van der Waals surface area contributed by atoms with Gasteiger partial charge in [0.1, 0.15) is 5.82 Å². The number of aromatic nitrogens is 2. The molecular weight excluding hydrogens is 375 g/mol. The van der Waals surface area contributed by atoms with Crippen LogP contribution >= 0.6 is 0 Å². The van der Waals surface area contributed by atoms with E-state index in [0.29, 0.717) is 24.7 Å². The van der Waals surface area contributed by atoms with Crippen molar-refractivity contribution in [2.24, 2.45) is 5.92 Å². The lowest BCUT2D eigenvalue weighted by molar-refractivity contribution is -0.135. The van der Waals surface area contributed by atoms with Gasteiger partial charge in [-0.15, -0.1) is 0 Å². The van der Waals surface area contributed by atoms with Crippen LogP contribution in [-0.2, 0) is 22.4 Å². The summed E-state index contributed by atoms with van der Waals surface area (Å²) in [5, 5.41) is 6.88. The van der Waals surface area contributed by atoms with Crippen molar-refractivity contribution >= 4 is 11.8 Å². The molecule has 2 amide bonds. The molecule has 0 aliphatic heterocycles. The van der Waals surface area contributed by atoms with E-state index in [1.54, 1.807) is 31.0 Å². The highest BCUT2D eigenvalue weighted by atomic mass is 19.1. The number of rotatable bonds is 7. The van der Waals surface area contributed by atoms with Crippen LogP contribution in [0.5, 0.6) is 0 Å². The predicted octanol–water partition coefficient (Wildman–Crippen LogP) is 2.44. The third-order valence-corrected chi connectivity index (χ3v) is 5.34. The summed E-state index contributed by atoms with van der Waals surface area (Å²) < 4.78 is 17.9. The number of amides is 2. The maximum atomic E-state index is 12.9. The smallest absolute Gasteiger partial charge is 0.225 e. The van der Waals surface area contributed by atoms with Gasteiger partial charge in [-0.25, -0.2) is 4.39 Å². The lowest BCUT2D eigenvalue weighted by atomic mass is 9.85. The Balaban J connectivity index is 1.39. The molecule has 1 N–H and O–H groups in total. The quantitative estimate of drug-likeness (QED) is 0.769. The number of nitrogens with zero attached hydrogens (tertiary/aromatic N) is 3. The molecule has 2 aromatic rings. The molecule has 0 saturated heterocycles. The minimum absolute atomic E-state index is 0.0164. The number of aryl methyl sites for hydroxylation is 1. The number of benzene rings is 1. The van der Waals surface area contributed by atoms with Crippen molar-refractivity contribution in [3.05, 3.63) is 47.4 Å². The van der Waals surface area contributed by atoms with Crippen LogP contribution in [0.25, 0.3) is 0 Å². The number of likely N-dealkylation sites (N-methyl/N-ethyl adjacent to an activating group) is 1. The van der Waals surface area contributed by atoms with Gasteiger partial charge < -0.3 is 14.7 Å².